The molecule has 0 atom stereocenters. The van der Waals surface area contributed by atoms with Crippen LogP contribution in [0.4, 0.5) is 0 Å². The summed E-state index contributed by atoms with van der Waals surface area (Å²) >= 11 is 0. The Morgan fingerprint density at radius 2 is 1.87 bits per heavy atom. The van der Waals surface area contributed by atoms with E-state index in [4.69, 9.17) is 9.47 Å². The fourth-order valence-corrected chi connectivity index (χ4v) is 2.31. The molecule has 2 rings (SSSR count). The van der Waals surface area contributed by atoms with Crippen molar-refractivity contribution < 1.29 is 23.9 Å². The lowest BCUT2D eigenvalue weighted by atomic mass is 9.87. The first-order valence-electron chi connectivity index (χ1n) is 7.39. The highest BCUT2D eigenvalue weighted by molar-refractivity contribution is 6.25. The zero-order valence-corrected chi connectivity index (χ0v) is 14.0. The highest BCUT2D eigenvalue weighted by Gasteiger charge is 2.40. The second kappa shape index (κ2) is 5.99. The molecule has 0 aromatic rings. The van der Waals surface area contributed by atoms with E-state index < -0.39 is 17.4 Å². The molecule has 5 nitrogen and oxygen atoms in total. The largest absolute Gasteiger partial charge is 0.479 e. The van der Waals surface area contributed by atoms with Crippen molar-refractivity contribution in [3.63, 3.8) is 0 Å². The zero-order chi connectivity index (χ0) is 17.4. The van der Waals surface area contributed by atoms with Crippen LogP contribution in [0.25, 0.3) is 0 Å². The fourth-order valence-electron chi connectivity index (χ4n) is 2.31. The first-order valence-corrected chi connectivity index (χ1v) is 7.39. The van der Waals surface area contributed by atoms with Gasteiger partial charge in [-0.05, 0) is 46.3 Å². The molecular weight excluding hydrogens is 296 g/mol. The van der Waals surface area contributed by atoms with Gasteiger partial charge >= 0.3 is 5.97 Å². The zero-order valence-electron chi connectivity index (χ0n) is 14.0. The van der Waals surface area contributed by atoms with E-state index in [2.05, 4.69) is 0 Å². The Morgan fingerprint density at radius 3 is 2.43 bits per heavy atom. The molecule has 0 unspecified atom stereocenters. The van der Waals surface area contributed by atoms with Crippen molar-refractivity contribution in [3.8, 4) is 0 Å². The Bertz CT molecular complexity index is 710. The second-order valence-corrected chi connectivity index (χ2v) is 6.33. The quantitative estimate of drug-likeness (QED) is 0.455. The maximum absolute atomic E-state index is 12.7. The number of allylic oxidation sites excluding steroid dienone is 5. The summed E-state index contributed by atoms with van der Waals surface area (Å²) in [7, 11) is 0. The maximum atomic E-state index is 12.7. The molecule has 0 aromatic heterocycles. The Balaban J connectivity index is 2.51. The number of esters is 1. The molecule has 23 heavy (non-hydrogen) atoms. The molecule has 0 fully saturated rings. The molecule has 0 bridgehead atoms. The van der Waals surface area contributed by atoms with E-state index in [1.807, 2.05) is 19.9 Å². The Kier molecular flexibility index (Phi) is 4.41. The number of hydrogen-bond donors (Lipinski definition) is 0. The third-order valence-corrected chi connectivity index (χ3v) is 3.43. The molecule has 1 heterocycles. The maximum Gasteiger partial charge on any atom is 0.308 e. The smallest absolute Gasteiger partial charge is 0.308 e. The molecule has 0 N–H and O–H groups in total. The fraction of sp³-hybridized carbons (Fsp3) is 0.389. The molecule has 0 amide bonds. The summed E-state index contributed by atoms with van der Waals surface area (Å²) in [6, 6.07) is 0. The predicted molar refractivity (Wildman–Crippen MR) is 84.2 cm³/mol. The van der Waals surface area contributed by atoms with Gasteiger partial charge in [-0.3, -0.25) is 14.4 Å². The van der Waals surface area contributed by atoms with Gasteiger partial charge < -0.3 is 9.47 Å². The number of ether oxygens (including phenoxy) is 2. The monoisotopic (exact) mass is 316 g/mol. The molecule has 0 aromatic carbocycles. The van der Waals surface area contributed by atoms with Gasteiger partial charge in [-0.2, -0.15) is 0 Å². The third-order valence-electron chi connectivity index (χ3n) is 3.43. The van der Waals surface area contributed by atoms with Gasteiger partial charge in [-0.1, -0.05) is 11.6 Å². The molecule has 0 saturated heterocycles. The molecule has 0 spiro atoms. The summed E-state index contributed by atoms with van der Waals surface area (Å²) in [5.41, 5.74) is 0.685. The van der Waals surface area contributed by atoms with Crippen molar-refractivity contribution in [2.75, 3.05) is 0 Å². The van der Waals surface area contributed by atoms with Crippen LogP contribution in [-0.4, -0.2) is 23.1 Å². The van der Waals surface area contributed by atoms with E-state index in [0.29, 0.717) is 0 Å². The lowest BCUT2D eigenvalue weighted by molar-refractivity contribution is -0.141. The standard InChI is InChI=1S/C18H20O5/c1-10(2)6-7-12-14(20)13-8-9-18(4,5)23-17(13)15(21)16(12)22-11(3)19/h6,8-9H,7H2,1-5H3. The summed E-state index contributed by atoms with van der Waals surface area (Å²) in [5, 5.41) is 0. The van der Waals surface area contributed by atoms with E-state index in [9.17, 15) is 14.4 Å². The van der Waals surface area contributed by atoms with Gasteiger partial charge in [0.15, 0.2) is 17.3 Å². The van der Waals surface area contributed by atoms with Crippen molar-refractivity contribution in [1.29, 1.82) is 0 Å². The van der Waals surface area contributed by atoms with Crippen LogP contribution in [0.5, 0.6) is 0 Å². The summed E-state index contributed by atoms with van der Waals surface area (Å²) < 4.78 is 10.7. The molecular formula is C18H20O5. The van der Waals surface area contributed by atoms with Gasteiger partial charge in [0.25, 0.3) is 5.78 Å². The summed E-state index contributed by atoms with van der Waals surface area (Å²) in [6.07, 6.45) is 5.37. The molecule has 0 radical (unpaired) electrons. The topological polar surface area (TPSA) is 69.7 Å². The number of carbonyl (C=O) groups is 3. The Hall–Kier alpha value is -2.43. The SMILES string of the molecule is CC(=O)OC1=C(CC=C(C)C)C(=O)C2=C(OC(C)(C)C=C2)C1=O. The van der Waals surface area contributed by atoms with Crippen LogP contribution in [0.2, 0.25) is 0 Å². The number of carbonyl (C=O) groups excluding carboxylic acids is 3. The summed E-state index contributed by atoms with van der Waals surface area (Å²) in [6.45, 7) is 8.52. The minimum Gasteiger partial charge on any atom is -0.479 e. The Labute approximate surface area is 135 Å². The van der Waals surface area contributed by atoms with Crippen molar-refractivity contribution >= 4 is 17.5 Å². The summed E-state index contributed by atoms with van der Waals surface area (Å²) in [5.74, 6) is -1.85. The van der Waals surface area contributed by atoms with Crippen LogP contribution < -0.4 is 0 Å². The van der Waals surface area contributed by atoms with Crippen LogP contribution in [0.1, 0.15) is 41.0 Å². The van der Waals surface area contributed by atoms with Crippen LogP contribution in [0.15, 0.2) is 46.5 Å². The lowest BCUT2D eigenvalue weighted by Gasteiger charge is -2.31. The van der Waals surface area contributed by atoms with Crippen LogP contribution >= 0.6 is 0 Å². The average Bonchev–Trinajstić information content (AvgIpc) is 2.42. The lowest BCUT2D eigenvalue weighted by Crippen LogP contribution is -2.34. The molecule has 2 aliphatic rings. The second-order valence-electron chi connectivity index (χ2n) is 6.33. The molecule has 1 aliphatic carbocycles. The number of Topliss-reactive ketones (excluding diaryl/α,β-unsaturated/α-hetero) is 2. The third kappa shape index (κ3) is 3.50. The van der Waals surface area contributed by atoms with Gasteiger partial charge in [0.05, 0.1) is 11.1 Å². The van der Waals surface area contributed by atoms with E-state index in [-0.39, 0.29) is 34.9 Å². The van der Waals surface area contributed by atoms with Crippen molar-refractivity contribution in [2.24, 2.45) is 0 Å². The first kappa shape index (κ1) is 16.9. The molecule has 5 heteroatoms. The first-order chi connectivity index (χ1) is 10.6. The summed E-state index contributed by atoms with van der Waals surface area (Å²) in [4.78, 5) is 36.7. The van der Waals surface area contributed by atoms with Crippen LogP contribution in [-0.2, 0) is 23.9 Å². The van der Waals surface area contributed by atoms with Gasteiger partial charge in [-0.15, -0.1) is 0 Å². The van der Waals surface area contributed by atoms with Gasteiger partial charge in [0, 0.05) is 6.92 Å². The highest BCUT2D eigenvalue weighted by Crippen LogP contribution is 2.35. The van der Waals surface area contributed by atoms with Gasteiger partial charge in [-0.25, -0.2) is 0 Å². The minimum absolute atomic E-state index is 0.0558. The Morgan fingerprint density at radius 1 is 1.22 bits per heavy atom. The predicted octanol–water partition coefficient (Wildman–Crippen LogP) is 2.93. The van der Waals surface area contributed by atoms with Crippen LogP contribution in [0, 0.1) is 0 Å². The van der Waals surface area contributed by atoms with Crippen LogP contribution in [0.3, 0.4) is 0 Å². The van der Waals surface area contributed by atoms with Gasteiger partial charge in [0.1, 0.15) is 5.60 Å². The van der Waals surface area contributed by atoms with E-state index in [0.717, 1.165) is 5.57 Å². The van der Waals surface area contributed by atoms with Crippen molar-refractivity contribution in [2.45, 2.75) is 46.6 Å². The van der Waals surface area contributed by atoms with E-state index >= 15 is 0 Å². The number of rotatable bonds is 3. The molecule has 0 saturated carbocycles. The minimum atomic E-state index is -0.701. The van der Waals surface area contributed by atoms with Crippen molar-refractivity contribution in [1.82, 2.24) is 0 Å². The number of ketones is 2. The molecule has 122 valence electrons. The molecule has 1 aliphatic heterocycles. The normalized spacial score (nSPS) is 19.3. The number of hydrogen-bond acceptors (Lipinski definition) is 5. The van der Waals surface area contributed by atoms with Crippen molar-refractivity contribution in [3.05, 3.63) is 46.5 Å². The highest BCUT2D eigenvalue weighted by atomic mass is 16.5. The van der Waals surface area contributed by atoms with E-state index in [1.165, 1.54) is 6.92 Å². The average molecular weight is 316 g/mol. The van der Waals surface area contributed by atoms with Gasteiger partial charge in [0.2, 0.25) is 0 Å². The van der Waals surface area contributed by atoms with E-state index in [1.54, 1.807) is 26.0 Å².